The van der Waals surface area contributed by atoms with E-state index in [9.17, 15) is 0 Å². The zero-order valence-electron chi connectivity index (χ0n) is 7.07. The summed E-state index contributed by atoms with van der Waals surface area (Å²) in [6, 6.07) is 6.54. The smallest absolute Gasteiger partial charge is 0.190 e. The van der Waals surface area contributed by atoms with Crippen LogP contribution in [0, 0.1) is 0 Å². The van der Waals surface area contributed by atoms with E-state index in [1.807, 2.05) is 0 Å². The van der Waals surface area contributed by atoms with Crippen LogP contribution in [0.1, 0.15) is 0 Å². The van der Waals surface area contributed by atoms with E-state index in [4.69, 9.17) is 15.4 Å². The number of phenolic OH excluding ortho intramolecular Hbond substituents is 1. The van der Waals surface area contributed by atoms with Crippen molar-refractivity contribution in [1.29, 1.82) is 0 Å². The highest BCUT2D eigenvalue weighted by atomic mass is 79.9. The van der Waals surface area contributed by atoms with Crippen molar-refractivity contribution in [2.24, 2.45) is 0 Å². The van der Waals surface area contributed by atoms with Gasteiger partial charge in [0.05, 0.1) is 0 Å². The molecule has 3 N–H and O–H groups in total. The Morgan fingerprint density at radius 1 is 1.29 bits per heavy atom. The van der Waals surface area contributed by atoms with E-state index in [0.717, 1.165) is 5.56 Å². The van der Waals surface area contributed by atoms with Crippen molar-refractivity contribution in [1.82, 2.24) is 5.16 Å². The highest BCUT2D eigenvalue weighted by Gasteiger charge is 2.12. The van der Waals surface area contributed by atoms with Gasteiger partial charge in [-0.1, -0.05) is 5.16 Å². The van der Waals surface area contributed by atoms with Crippen LogP contribution in [0.3, 0.4) is 0 Å². The number of hydrogen-bond donors (Lipinski definition) is 2. The Balaban J connectivity index is 2.49. The molecule has 0 radical (unpaired) electrons. The van der Waals surface area contributed by atoms with Crippen LogP contribution in [0.25, 0.3) is 11.3 Å². The highest BCUT2D eigenvalue weighted by molar-refractivity contribution is 9.10. The molecule has 72 valence electrons. The van der Waals surface area contributed by atoms with Crippen LogP contribution >= 0.6 is 15.9 Å². The quantitative estimate of drug-likeness (QED) is 0.820. The molecule has 1 heterocycles. The number of benzene rings is 1. The van der Waals surface area contributed by atoms with Crippen LogP contribution < -0.4 is 5.73 Å². The van der Waals surface area contributed by atoms with Crippen LogP contribution in [-0.2, 0) is 0 Å². The topological polar surface area (TPSA) is 72.3 Å². The SMILES string of the molecule is Nc1c(Br)noc1-c1ccc(O)cc1. The van der Waals surface area contributed by atoms with Gasteiger partial charge in [-0.3, -0.25) is 0 Å². The van der Waals surface area contributed by atoms with E-state index in [0.29, 0.717) is 16.1 Å². The minimum absolute atomic E-state index is 0.200. The first-order valence-corrected chi connectivity index (χ1v) is 4.68. The maximum atomic E-state index is 9.09. The minimum atomic E-state index is 0.200. The predicted octanol–water partition coefficient (Wildman–Crippen LogP) is 2.39. The molecule has 0 bridgehead atoms. The Labute approximate surface area is 88.5 Å². The summed E-state index contributed by atoms with van der Waals surface area (Å²) >= 11 is 3.15. The largest absolute Gasteiger partial charge is 0.508 e. The number of anilines is 1. The summed E-state index contributed by atoms with van der Waals surface area (Å²) in [5.74, 6) is 0.697. The monoisotopic (exact) mass is 254 g/mol. The van der Waals surface area contributed by atoms with Crippen LogP contribution in [0.4, 0.5) is 5.69 Å². The maximum absolute atomic E-state index is 9.09. The Hall–Kier alpha value is -1.49. The Morgan fingerprint density at radius 3 is 2.43 bits per heavy atom. The standard InChI is InChI=1S/C9H7BrN2O2/c10-9-7(11)8(14-12-9)5-1-3-6(13)4-2-5/h1-4,13H,11H2. The summed E-state index contributed by atoms with van der Waals surface area (Å²) in [5, 5.41) is 12.8. The molecule has 0 saturated carbocycles. The average Bonchev–Trinajstić information content (AvgIpc) is 2.50. The predicted molar refractivity (Wildman–Crippen MR) is 55.7 cm³/mol. The first-order chi connectivity index (χ1) is 6.68. The average molecular weight is 255 g/mol. The zero-order valence-corrected chi connectivity index (χ0v) is 8.65. The van der Waals surface area contributed by atoms with E-state index in [2.05, 4.69) is 21.1 Å². The third kappa shape index (κ3) is 1.46. The number of nitrogens with zero attached hydrogens (tertiary/aromatic N) is 1. The summed E-state index contributed by atoms with van der Waals surface area (Å²) < 4.78 is 5.50. The molecule has 0 aliphatic rings. The van der Waals surface area contributed by atoms with Crippen LogP contribution in [0.2, 0.25) is 0 Å². The van der Waals surface area contributed by atoms with Gasteiger partial charge in [0.2, 0.25) is 0 Å². The molecule has 0 atom stereocenters. The van der Waals surface area contributed by atoms with Gasteiger partial charge in [-0.2, -0.15) is 0 Å². The van der Waals surface area contributed by atoms with Gasteiger partial charge in [-0.05, 0) is 40.2 Å². The summed E-state index contributed by atoms with van der Waals surface area (Å²) in [7, 11) is 0. The molecule has 1 aromatic heterocycles. The Kier molecular flexibility index (Phi) is 2.17. The second-order valence-electron chi connectivity index (χ2n) is 2.76. The van der Waals surface area contributed by atoms with E-state index in [-0.39, 0.29) is 5.75 Å². The molecule has 0 aliphatic carbocycles. The molecule has 0 spiro atoms. The van der Waals surface area contributed by atoms with E-state index in [1.54, 1.807) is 24.3 Å². The van der Waals surface area contributed by atoms with Crippen molar-refractivity contribution in [3.8, 4) is 17.1 Å². The molecule has 0 fully saturated rings. The molecule has 0 saturated heterocycles. The van der Waals surface area contributed by atoms with Gasteiger partial charge in [0, 0.05) is 5.56 Å². The maximum Gasteiger partial charge on any atom is 0.190 e. The first-order valence-electron chi connectivity index (χ1n) is 3.88. The second kappa shape index (κ2) is 3.34. The van der Waals surface area contributed by atoms with Crippen LogP contribution in [0.15, 0.2) is 33.4 Å². The van der Waals surface area contributed by atoms with Gasteiger partial charge in [-0.25, -0.2) is 0 Å². The van der Waals surface area contributed by atoms with Crippen molar-refractivity contribution in [3.05, 3.63) is 28.9 Å². The van der Waals surface area contributed by atoms with Crippen molar-refractivity contribution in [3.63, 3.8) is 0 Å². The number of nitrogens with two attached hydrogens (primary N) is 1. The number of nitrogen functional groups attached to an aromatic ring is 1. The molecular weight excluding hydrogens is 248 g/mol. The zero-order chi connectivity index (χ0) is 10.1. The lowest BCUT2D eigenvalue weighted by atomic mass is 10.1. The third-order valence-corrected chi connectivity index (χ3v) is 2.39. The fraction of sp³-hybridized carbons (Fsp3) is 0. The molecule has 0 aliphatic heterocycles. The summed E-state index contributed by atoms with van der Waals surface area (Å²) in [6.45, 7) is 0. The van der Waals surface area contributed by atoms with E-state index >= 15 is 0 Å². The van der Waals surface area contributed by atoms with Crippen LogP contribution in [-0.4, -0.2) is 10.3 Å². The van der Waals surface area contributed by atoms with Gasteiger partial charge >= 0.3 is 0 Å². The number of aromatic hydroxyl groups is 1. The normalized spacial score (nSPS) is 10.4. The van der Waals surface area contributed by atoms with E-state index < -0.39 is 0 Å². The molecule has 2 rings (SSSR count). The molecule has 0 amide bonds. The summed E-state index contributed by atoms with van der Waals surface area (Å²) in [4.78, 5) is 0. The van der Waals surface area contributed by atoms with Crippen molar-refractivity contribution in [2.45, 2.75) is 0 Å². The first kappa shape index (κ1) is 9.08. The van der Waals surface area contributed by atoms with Gasteiger partial charge in [0.15, 0.2) is 10.4 Å². The van der Waals surface area contributed by atoms with Crippen molar-refractivity contribution in [2.75, 3.05) is 5.73 Å². The molecule has 0 unspecified atom stereocenters. The summed E-state index contributed by atoms with van der Waals surface area (Å²) in [5.41, 5.74) is 6.94. The lowest BCUT2D eigenvalue weighted by Gasteiger charge is -1.96. The van der Waals surface area contributed by atoms with Gasteiger partial charge in [0.25, 0.3) is 0 Å². The Morgan fingerprint density at radius 2 is 1.93 bits per heavy atom. The lowest BCUT2D eigenvalue weighted by Crippen LogP contribution is -1.85. The van der Waals surface area contributed by atoms with Crippen LogP contribution in [0.5, 0.6) is 5.75 Å². The minimum Gasteiger partial charge on any atom is -0.508 e. The third-order valence-electron chi connectivity index (χ3n) is 1.81. The fourth-order valence-corrected chi connectivity index (χ4v) is 1.35. The van der Waals surface area contributed by atoms with Gasteiger partial charge in [-0.15, -0.1) is 0 Å². The van der Waals surface area contributed by atoms with Crippen molar-refractivity contribution >= 4 is 21.6 Å². The number of halogens is 1. The fourth-order valence-electron chi connectivity index (χ4n) is 1.10. The Bertz CT molecular complexity index is 450. The molecule has 2 aromatic rings. The lowest BCUT2D eigenvalue weighted by molar-refractivity contribution is 0.428. The number of rotatable bonds is 1. The molecule has 1 aromatic carbocycles. The number of hydrogen-bond acceptors (Lipinski definition) is 4. The van der Waals surface area contributed by atoms with E-state index in [1.165, 1.54) is 0 Å². The molecule has 5 heteroatoms. The second-order valence-corrected chi connectivity index (χ2v) is 3.51. The molecule has 4 nitrogen and oxygen atoms in total. The highest BCUT2D eigenvalue weighted by Crippen LogP contribution is 2.31. The number of aromatic nitrogens is 1. The molecular formula is C9H7BrN2O2. The van der Waals surface area contributed by atoms with Crippen molar-refractivity contribution < 1.29 is 9.63 Å². The summed E-state index contributed by atoms with van der Waals surface area (Å²) in [6.07, 6.45) is 0. The number of phenols is 1. The van der Waals surface area contributed by atoms with Gasteiger partial charge in [0.1, 0.15) is 11.4 Å². The van der Waals surface area contributed by atoms with Gasteiger partial charge < -0.3 is 15.4 Å². The molecule has 14 heavy (non-hydrogen) atoms.